The van der Waals surface area contributed by atoms with Gasteiger partial charge in [-0.15, -0.1) is 15.3 Å². The molecule has 0 amide bonds. The topological polar surface area (TPSA) is 80.5 Å². The molecule has 0 radical (unpaired) electrons. The fourth-order valence-electron chi connectivity index (χ4n) is 1.62. The molecule has 19 heavy (non-hydrogen) atoms. The molecule has 0 atom stereocenters. The molecule has 2 aliphatic heterocycles. The lowest BCUT2D eigenvalue weighted by Gasteiger charge is -2.16. The Bertz CT molecular complexity index is 550. The van der Waals surface area contributed by atoms with Gasteiger partial charge in [-0.2, -0.15) is 5.10 Å². The molecule has 0 saturated carbocycles. The van der Waals surface area contributed by atoms with Crippen molar-refractivity contribution in [1.82, 2.24) is 30.4 Å². The first-order valence-electron chi connectivity index (χ1n) is 6.23. The highest BCUT2D eigenvalue weighted by molar-refractivity contribution is 7.80. The molecule has 2 N–H and O–H groups in total. The highest BCUT2D eigenvalue weighted by atomic mass is 32.1. The third-order valence-corrected chi connectivity index (χ3v) is 2.94. The highest BCUT2D eigenvalue weighted by Gasteiger charge is 2.18. The number of thiocarbonyl (C=S) groups is 1. The Balaban J connectivity index is 2.15. The average Bonchev–Trinajstić information content (AvgIpc) is 2.75. The van der Waals surface area contributed by atoms with Crippen LogP contribution in [0.25, 0.3) is 11.5 Å². The lowest BCUT2D eigenvalue weighted by molar-refractivity contribution is 0.739. The van der Waals surface area contributed by atoms with Crippen LogP contribution in [0.4, 0.5) is 0 Å². The predicted molar refractivity (Wildman–Crippen MR) is 76.6 cm³/mol. The molecular formula is C11H17N7S. The third kappa shape index (κ3) is 2.95. The molecule has 7 nitrogen and oxygen atoms in total. The molecule has 102 valence electrons. The number of hydrogen-bond acceptors (Lipinski definition) is 5. The zero-order valence-corrected chi connectivity index (χ0v) is 12.1. The van der Waals surface area contributed by atoms with E-state index in [1.165, 1.54) is 0 Å². The average molecular weight is 279 g/mol. The number of aryl methyl sites for hydroxylation is 2. The molecule has 0 aromatic heterocycles. The lowest BCUT2D eigenvalue weighted by Crippen LogP contribution is -2.36. The van der Waals surface area contributed by atoms with Crippen LogP contribution in [0.15, 0.2) is 0 Å². The van der Waals surface area contributed by atoms with Gasteiger partial charge in [0, 0.05) is 6.54 Å². The zero-order chi connectivity index (χ0) is 13.8. The van der Waals surface area contributed by atoms with Crippen LogP contribution >= 0.6 is 12.2 Å². The summed E-state index contributed by atoms with van der Waals surface area (Å²) in [6.45, 7) is 6.66. The molecule has 0 saturated heterocycles. The lowest BCUT2D eigenvalue weighted by atomic mass is 10.3. The van der Waals surface area contributed by atoms with E-state index in [9.17, 15) is 0 Å². The number of nitrogens with one attached hydrogen (secondary N) is 2. The molecule has 2 heterocycles. The Kier molecular flexibility index (Phi) is 4.20. The van der Waals surface area contributed by atoms with Crippen molar-refractivity contribution in [2.45, 2.75) is 33.6 Å². The Hall–Kier alpha value is -1.83. The number of unbranched alkanes of at least 4 members (excludes halogenated alkanes) is 1. The SMILES string of the molecule is CCCCNC(=S)Nn1c(C)nnc2c(C)nnc1-2. The minimum absolute atomic E-state index is 0.538. The summed E-state index contributed by atoms with van der Waals surface area (Å²) in [7, 11) is 0. The second-order valence-electron chi connectivity index (χ2n) is 4.26. The summed E-state index contributed by atoms with van der Waals surface area (Å²) in [4.78, 5) is 0. The van der Waals surface area contributed by atoms with E-state index >= 15 is 0 Å². The van der Waals surface area contributed by atoms with Gasteiger partial charge in [0.15, 0.2) is 10.8 Å². The molecule has 2 aliphatic rings. The van der Waals surface area contributed by atoms with Gasteiger partial charge in [-0.05, 0) is 32.5 Å². The number of aromatic nitrogens is 5. The first-order chi connectivity index (χ1) is 9.13. The van der Waals surface area contributed by atoms with Crippen molar-refractivity contribution in [3.05, 3.63) is 11.5 Å². The van der Waals surface area contributed by atoms with Crippen LogP contribution in [-0.4, -0.2) is 36.7 Å². The third-order valence-electron chi connectivity index (χ3n) is 2.71. The van der Waals surface area contributed by atoms with E-state index in [0.717, 1.165) is 25.1 Å². The summed E-state index contributed by atoms with van der Waals surface area (Å²) in [6.07, 6.45) is 2.20. The number of nitrogens with zero attached hydrogens (tertiary/aromatic N) is 5. The van der Waals surface area contributed by atoms with E-state index in [4.69, 9.17) is 12.2 Å². The first-order valence-corrected chi connectivity index (χ1v) is 6.64. The molecule has 0 fully saturated rings. The Morgan fingerprint density at radius 3 is 2.74 bits per heavy atom. The second-order valence-corrected chi connectivity index (χ2v) is 4.67. The maximum absolute atomic E-state index is 5.24. The summed E-state index contributed by atoms with van der Waals surface area (Å²) in [5, 5.41) is 19.9. The monoisotopic (exact) mass is 279 g/mol. The van der Waals surface area contributed by atoms with Crippen LogP contribution in [0.5, 0.6) is 0 Å². The Morgan fingerprint density at radius 2 is 2.00 bits per heavy atom. The van der Waals surface area contributed by atoms with E-state index in [1.807, 2.05) is 13.8 Å². The highest BCUT2D eigenvalue weighted by Crippen LogP contribution is 2.18. The van der Waals surface area contributed by atoms with E-state index < -0.39 is 0 Å². The molecule has 0 unspecified atom stereocenters. The molecule has 0 aliphatic carbocycles. The fourth-order valence-corrected chi connectivity index (χ4v) is 1.81. The Morgan fingerprint density at radius 1 is 1.21 bits per heavy atom. The van der Waals surface area contributed by atoms with Crippen molar-refractivity contribution in [3.63, 3.8) is 0 Å². The van der Waals surface area contributed by atoms with Gasteiger partial charge in [0.2, 0.25) is 5.82 Å². The minimum atomic E-state index is 0.538. The molecule has 0 aromatic rings. The van der Waals surface area contributed by atoms with Gasteiger partial charge < -0.3 is 5.32 Å². The Labute approximate surface area is 117 Å². The maximum Gasteiger partial charge on any atom is 0.205 e. The molecule has 8 heteroatoms. The predicted octanol–water partition coefficient (Wildman–Crippen LogP) is 1.01. The van der Waals surface area contributed by atoms with Gasteiger partial charge in [-0.25, -0.2) is 4.68 Å². The minimum Gasteiger partial charge on any atom is -0.361 e. The summed E-state index contributed by atoms with van der Waals surface area (Å²) in [6, 6.07) is 0. The van der Waals surface area contributed by atoms with E-state index in [-0.39, 0.29) is 0 Å². The molecule has 2 rings (SSSR count). The molecular weight excluding hydrogens is 262 g/mol. The van der Waals surface area contributed by atoms with Gasteiger partial charge in [0.05, 0.1) is 5.69 Å². The van der Waals surface area contributed by atoms with Gasteiger partial charge >= 0.3 is 0 Å². The van der Waals surface area contributed by atoms with Crippen molar-refractivity contribution >= 4 is 17.3 Å². The fraction of sp³-hybridized carbons (Fsp3) is 0.545. The van der Waals surface area contributed by atoms with Crippen LogP contribution < -0.4 is 10.7 Å². The van der Waals surface area contributed by atoms with Crippen molar-refractivity contribution < 1.29 is 0 Å². The smallest absolute Gasteiger partial charge is 0.205 e. The second kappa shape index (κ2) is 5.87. The van der Waals surface area contributed by atoms with Gasteiger partial charge in [-0.1, -0.05) is 13.3 Å². The summed E-state index contributed by atoms with van der Waals surface area (Å²) < 4.78 is 1.70. The van der Waals surface area contributed by atoms with E-state index in [2.05, 4.69) is 38.1 Å². The molecule has 0 bridgehead atoms. The number of hydrogen-bond donors (Lipinski definition) is 2. The summed E-state index contributed by atoms with van der Waals surface area (Å²) in [5.74, 6) is 1.30. The van der Waals surface area contributed by atoms with Crippen LogP contribution in [0.1, 0.15) is 31.3 Å². The van der Waals surface area contributed by atoms with E-state index in [0.29, 0.717) is 22.5 Å². The number of rotatable bonds is 4. The maximum atomic E-state index is 5.24. The normalized spacial score (nSPS) is 10.7. The van der Waals surface area contributed by atoms with Crippen molar-refractivity contribution in [1.29, 1.82) is 0 Å². The van der Waals surface area contributed by atoms with Crippen molar-refractivity contribution in [2.75, 3.05) is 12.0 Å². The van der Waals surface area contributed by atoms with Crippen molar-refractivity contribution in [3.8, 4) is 11.5 Å². The molecule has 0 aromatic carbocycles. The number of fused-ring (bicyclic) bond motifs is 1. The standard InChI is InChI=1S/C11H17N7S/c1-4-5-6-12-11(19)17-18-8(3)14-15-9-7(2)13-16-10(9)18/h4-6H2,1-3H3,(H2,12,17,19). The zero-order valence-electron chi connectivity index (χ0n) is 11.3. The van der Waals surface area contributed by atoms with Gasteiger partial charge in [-0.3, -0.25) is 5.43 Å². The van der Waals surface area contributed by atoms with Crippen molar-refractivity contribution in [2.24, 2.45) is 0 Å². The van der Waals surface area contributed by atoms with Gasteiger partial charge in [0.1, 0.15) is 5.82 Å². The van der Waals surface area contributed by atoms with Gasteiger partial charge in [0.25, 0.3) is 0 Å². The molecule has 0 spiro atoms. The summed E-state index contributed by atoms with van der Waals surface area (Å²) >= 11 is 5.24. The first kappa shape index (κ1) is 13.6. The van der Waals surface area contributed by atoms with Crippen LogP contribution in [0, 0.1) is 13.8 Å². The largest absolute Gasteiger partial charge is 0.361 e. The summed E-state index contributed by atoms with van der Waals surface area (Å²) in [5.41, 5.74) is 4.49. The quantitative estimate of drug-likeness (QED) is 0.638. The van der Waals surface area contributed by atoms with Crippen LogP contribution in [0.3, 0.4) is 0 Å². The van der Waals surface area contributed by atoms with E-state index in [1.54, 1.807) is 4.68 Å². The van der Waals surface area contributed by atoms with Crippen LogP contribution in [-0.2, 0) is 0 Å². The van der Waals surface area contributed by atoms with Crippen LogP contribution in [0.2, 0.25) is 0 Å².